The van der Waals surface area contributed by atoms with E-state index in [9.17, 15) is 9.59 Å². The fourth-order valence-electron chi connectivity index (χ4n) is 2.64. The van der Waals surface area contributed by atoms with Crippen molar-refractivity contribution in [2.75, 3.05) is 6.61 Å². The van der Waals surface area contributed by atoms with Crippen molar-refractivity contribution < 1.29 is 13.9 Å². The average Bonchev–Trinajstić information content (AvgIpc) is 2.60. The van der Waals surface area contributed by atoms with Gasteiger partial charge in [0.05, 0.1) is 18.7 Å². The van der Waals surface area contributed by atoms with Crippen LogP contribution in [0.2, 0.25) is 0 Å². The zero-order valence-corrected chi connectivity index (χ0v) is 14.2. The molecule has 0 bridgehead atoms. The Kier molecular flexibility index (Phi) is 5.01. The molecular weight excluding hydrogens is 330 g/mol. The predicted octanol–water partition coefficient (Wildman–Crippen LogP) is 3.47. The topological polar surface area (TPSA) is 60.9 Å². The van der Waals surface area contributed by atoms with Gasteiger partial charge in [-0.25, -0.2) is 9.64 Å². The SMILES string of the molecule is [C-]#[N+]/C(=C/c1cc2cc3c(cc2oc1=O)C#C/C=C\CC3)C(=O)OCC. The van der Waals surface area contributed by atoms with E-state index in [0.717, 1.165) is 24.0 Å². The molecule has 5 heteroatoms. The lowest BCUT2D eigenvalue weighted by atomic mass is 9.98. The number of ether oxygens (including phenoxy) is 1. The zero-order chi connectivity index (χ0) is 18.5. The molecule has 5 nitrogen and oxygen atoms in total. The zero-order valence-electron chi connectivity index (χ0n) is 14.2. The average molecular weight is 345 g/mol. The Balaban J connectivity index is 2.12. The van der Waals surface area contributed by atoms with Gasteiger partial charge >= 0.3 is 11.6 Å². The Labute approximate surface area is 150 Å². The third kappa shape index (κ3) is 3.58. The van der Waals surface area contributed by atoms with Gasteiger partial charge < -0.3 is 9.15 Å². The first-order valence-corrected chi connectivity index (χ1v) is 8.16. The van der Waals surface area contributed by atoms with Gasteiger partial charge in [-0.15, -0.1) is 0 Å². The minimum Gasteiger partial charge on any atom is -0.471 e. The van der Waals surface area contributed by atoms with E-state index in [-0.39, 0.29) is 17.9 Å². The van der Waals surface area contributed by atoms with E-state index in [2.05, 4.69) is 16.7 Å². The lowest BCUT2D eigenvalue weighted by Gasteiger charge is -2.07. The number of benzene rings is 1. The van der Waals surface area contributed by atoms with Crippen LogP contribution >= 0.6 is 0 Å². The van der Waals surface area contributed by atoms with Crippen LogP contribution in [0.1, 0.15) is 30.0 Å². The van der Waals surface area contributed by atoms with Crippen molar-refractivity contribution >= 4 is 23.0 Å². The van der Waals surface area contributed by atoms with Crippen molar-refractivity contribution in [3.05, 3.63) is 74.6 Å². The Hall–Kier alpha value is -3.57. The summed E-state index contributed by atoms with van der Waals surface area (Å²) < 4.78 is 10.2. The molecule has 0 N–H and O–H groups in total. The van der Waals surface area contributed by atoms with Crippen LogP contribution in [0.15, 0.2) is 45.3 Å². The van der Waals surface area contributed by atoms with E-state index in [1.165, 1.54) is 6.08 Å². The number of hydrogen-bond donors (Lipinski definition) is 0. The highest BCUT2D eigenvalue weighted by atomic mass is 16.5. The number of rotatable bonds is 3. The standard InChI is InChI=1S/C21H15NO4/c1-3-25-21(24)18(22-2)12-17-11-16-10-14-8-6-4-5-7-9-15(14)13-19(16)26-20(17)23/h4-5,10-13H,3,6,8H2,1H3/b5-4-,18-12+. The van der Waals surface area contributed by atoms with E-state index in [1.807, 2.05) is 18.2 Å². The number of allylic oxidation sites excluding steroid dienone is 2. The van der Waals surface area contributed by atoms with E-state index in [4.69, 9.17) is 15.7 Å². The molecule has 0 fully saturated rings. The molecule has 0 amide bonds. The van der Waals surface area contributed by atoms with E-state index in [1.54, 1.807) is 19.1 Å². The molecule has 3 rings (SSSR count). The first-order chi connectivity index (χ1) is 12.6. The van der Waals surface area contributed by atoms with E-state index >= 15 is 0 Å². The van der Waals surface area contributed by atoms with Crippen molar-refractivity contribution in [1.82, 2.24) is 0 Å². The van der Waals surface area contributed by atoms with Crippen LogP contribution in [0.25, 0.3) is 21.9 Å². The fourth-order valence-corrected chi connectivity index (χ4v) is 2.64. The Morgan fingerprint density at radius 1 is 1.42 bits per heavy atom. The number of carbonyl (C=O) groups excluding carboxylic acids is 1. The Morgan fingerprint density at radius 2 is 2.27 bits per heavy atom. The highest BCUT2D eigenvalue weighted by Crippen LogP contribution is 2.22. The van der Waals surface area contributed by atoms with Crippen LogP contribution in [0.4, 0.5) is 0 Å². The lowest BCUT2D eigenvalue weighted by Crippen LogP contribution is -2.08. The molecule has 0 unspecified atom stereocenters. The van der Waals surface area contributed by atoms with Crippen molar-refractivity contribution in [3.63, 3.8) is 0 Å². The Morgan fingerprint density at radius 3 is 3.04 bits per heavy atom. The fraction of sp³-hybridized carbons (Fsp3) is 0.190. The summed E-state index contributed by atoms with van der Waals surface area (Å²) in [4.78, 5) is 27.1. The summed E-state index contributed by atoms with van der Waals surface area (Å²) in [5, 5.41) is 0.717. The molecule has 0 saturated carbocycles. The van der Waals surface area contributed by atoms with Crippen LogP contribution in [0.3, 0.4) is 0 Å². The number of carbonyl (C=O) groups is 1. The molecule has 0 radical (unpaired) electrons. The molecule has 1 aliphatic carbocycles. The third-order valence-corrected chi connectivity index (χ3v) is 3.87. The second-order valence-electron chi connectivity index (χ2n) is 5.61. The highest BCUT2D eigenvalue weighted by Gasteiger charge is 2.14. The molecule has 0 aliphatic heterocycles. The summed E-state index contributed by atoms with van der Waals surface area (Å²) >= 11 is 0. The quantitative estimate of drug-likeness (QED) is 0.281. The molecule has 1 heterocycles. The molecule has 1 aromatic heterocycles. The van der Waals surface area contributed by atoms with Gasteiger partial charge in [0.1, 0.15) is 5.58 Å². The number of aryl methyl sites for hydroxylation is 1. The minimum atomic E-state index is -0.762. The van der Waals surface area contributed by atoms with Gasteiger partial charge in [0.25, 0.3) is 5.70 Å². The number of esters is 1. The Bertz CT molecular complexity index is 1100. The molecule has 128 valence electrons. The molecular formula is C21H15NO4. The number of hydrogen-bond acceptors (Lipinski definition) is 4. The first kappa shape index (κ1) is 17.3. The van der Waals surface area contributed by atoms with Gasteiger partial charge in [-0.05, 0) is 55.7 Å². The molecule has 0 saturated heterocycles. The third-order valence-electron chi connectivity index (χ3n) is 3.87. The van der Waals surface area contributed by atoms with Crippen molar-refractivity contribution in [1.29, 1.82) is 0 Å². The maximum absolute atomic E-state index is 12.2. The van der Waals surface area contributed by atoms with Crippen molar-refractivity contribution in [3.8, 4) is 11.8 Å². The summed E-state index contributed by atoms with van der Waals surface area (Å²) in [6.07, 6.45) is 6.74. The van der Waals surface area contributed by atoms with Gasteiger partial charge in [0, 0.05) is 10.9 Å². The van der Waals surface area contributed by atoms with Gasteiger partial charge in [-0.2, -0.15) is 0 Å². The maximum atomic E-state index is 12.2. The van der Waals surface area contributed by atoms with Gasteiger partial charge in [0.15, 0.2) is 0 Å². The number of nitrogens with zero attached hydrogens (tertiary/aromatic N) is 1. The minimum absolute atomic E-state index is 0.133. The van der Waals surface area contributed by atoms with E-state index in [0.29, 0.717) is 11.0 Å². The molecule has 0 spiro atoms. The van der Waals surface area contributed by atoms with Crippen LogP contribution in [0, 0.1) is 18.4 Å². The van der Waals surface area contributed by atoms with Crippen LogP contribution < -0.4 is 5.63 Å². The largest absolute Gasteiger partial charge is 0.471 e. The normalized spacial score (nSPS) is 14.2. The second kappa shape index (κ2) is 7.55. The summed E-state index contributed by atoms with van der Waals surface area (Å²) in [7, 11) is 0. The van der Waals surface area contributed by atoms with Crippen LogP contribution in [-0.2, 0) is 16.0 Å². The molecule has 2 aromatic rings. The number of fused-ring (bicyclic) bond motifs is 2. The van der Waals surface area contributed by atoms with Crippen LogP contribution in [-0.4, -0.2) is 12.6 Å². The highest BCUT2D eigenvalue weighted by molar-refractivity contribution is 5.96. The summed E-state index contributed by atoms with van der Waals surface area (Å²) in [6.45, 7) is 8.92. The second-order valence-corrected chi connectivity index (χ2v) is 5.61. The monoisotopic (exact) mass is 345 g/mol. The summed E-state index contributed by atoms with van der Waals surface area (Å²) in [5.41, 5.74) is 1.57. The van der Waals surface area contributed by atoms with Gasteiger partial charge in [-0.1, -0.05) is 17.9 Å². The predicted molar refractivity (Wildman–Crippen MR) is 98.0 cm³/mol. The van der Waals surface area contributed by atoms with Gasteiger partial charge in [-0.3, -0.25) is 4.79 Å². The van der Waals surface area contributed by atoms with E-state index < -0.39 is 11.6 Å². The lowest BCUT2D eigenvalue weighted by molar-refractivity contribution is -0.138. The first-order valence-electron chi connectivity index (χ1n) is 8.16. The van der Waals surface area contributed by atoms with Gasteiger partial charge in [0.2, 0.25) is 0 Å². The molecule has 0 atom stereocenters. The van der Waals surface area contributed by atoms with Crippen LogP contribution in [0.5, 0.6) is 0 Å². The molecule has 1 aromatic carbocycles. The summed E-state index contributed by atoms with van der Waals surface area (Å²) in [6, 6.07) is 5.31. The van der Waals surface area contributed by atoms with Crippen molar-refractivity contribution in [2.45, 2.75) is 19.8 Å². The maximum Gasteiger partial charge on any atom is 0.342 e. The summed E-state index contributed by atoms with van der Waals surface area (Å²) in [5.74, 6) is 5.24. The smallest absolute Gasteiger partial charge is 0.342 e. The molecule has 1 aliphatic rings. The molecule has 26 heavy (non-hydrogen) atoms. The van der Waals surface area contributed by atoms with Crippen molar-refractivity contribution in [2.24, 2.45) is 0 Å².